The van der Waals surface area contributed by atoms with Crippen LogP contribution in [0.1, 0.15) is 375 Å². The van der Waals surface area contributed by atoms with Crippen LogP contribution in [0.15, 0.2) is 24.3 Å². The second-order valence-electron chi connectivity index (χ2n) is 27.2. The molecule has 95 heavy (non-hydrogen) atoms. The van der Waals surface area contributed by atoms with Crippen LogP contribution in [-0.2, 0) is 65.4 Å². The Morgan fingerprint density at radius 1 is 0.326 bits per heavy atom. The molecule has 0 fully saturated rings. The number of phosphoric ester groups is 2. The van der Waals surface area contributed by atoms with Crippen LogP contribution in [-0.4, -0.2) is 96.7 Å². The van der Waals surface area contributed by atoms with E-state index in [1.165, 1.54) is 173 Å². The van der Waals surface area contributed by atoms with Crippen LogP contribution in [0.25, 0.3) is 0 Å². The first-order valence-electron chi connectivity index (χ1n) is 39.0. The minimum absolute atomic E-state index is 0.102. The SMILES string of the molecule is CCCCCC/C=C\C=C/CCCCCCCC(=O)OC[C@H](COP(=O)(O)OC[C@@H](O)COP(=O)(O)OC[C@@H](COC(=O)CCCCCCCCCC)OC(=O)CCCCCCCCCCC(C)C)OC(=O)CCCCCCCCCCCCCCCCCCCCCCC. The highest BCUT2D eigenvalue weighted by molar-refractivity contribution is 7.47. The lowest BCUT2D eigenvalue weighted by Gasteiger charge is -2.21. The van der Waals surface area contributed by atoms with Gasteiger partial charge in [-0.2, -0.15) is 0 Å². The van der Waals surface area contributed by atoms with Gasteiger partial charge in [0.2, 0.25) is 0 Å². The molecule has 0 rings (SSSR count). The maximum absolute atomic E-state index is 13.1. The zero-order valence-electron chi connectivity index (χ0n) is 61.3. The van der Waals surface area contributed by atoms with Crippen LogP contribution >= 0.6 is 15.6 Å². The van der Waals surface area contributed by atoms with Crippen molar-refractivity contribution in [3.05, 3.63) is 24.3 Å². The third-order valence-electron chi connectivity index (χ3n) is 17.2. The highest BCUT2D eigenvalue weighted by atomic mass is 31.2. The van der Waals surface area contributed by atoms with Gasteiger partial charge in [0.05, 0.1) is 26.4 Å². The van der Waals surface area contributed by atoms with Crippen molar-refractivity contribution >= 4 is 39.5 Å². The fourth-order valence-electron chi connectivity index (χ4n) is 11.2. The second-order valence-corrected chi connectivity index (χ2v) is 30.1. The summed E-state index contributed by atoms with van der Waals surface area (Å²) >= 11 is 0. The molecule has 3 N–H and O–H groups in total. The zero-order valence-corrected chi connectivity index (χ0v) is 63.1. The zero-order chi connectivity index (χ0) is 69.8. The van der Waals surface area contributed by atoms with Gasteiger partial charge in [-0.15, -0.1) is 0 Å². The van der Waals surface area contributed by atoms with Gasteiger partial charge >= 0.3 is 39.5 Å². The Kier molecular flexibility index (Phi) is 66.9. The quantitative estimate of drug-likeness (QED) is 0.0169. The van der Waals surface area contributed by atoms with Crippen molar-refractivity contribution in [2.75, 3.05) is 39.6 Å². The molecular weight excluding hydrogens is 1250 g/mol. The Bertz CT molecular complexity index is 1920. The van der Waals surface area contributed by atoms with E-state index in [9.17, 15) is 43.2 Å². The van der Waals surface area contributed by atoms with Gasteiger partial charge in [-0.25, -0.2) is 9.13 Å². The molecule has 2 unspecified atom stereocenters. The highest BCUT2D eigenvalue weighted by Gasteiger charge is 2.30. The first-order chi connectivity index (χ1) is 46.0. The topological polar surface area (TPSA) is 237 Å². The monoisotopic (exact) mass is 1390 g/mol. The van der Waals surface area contributed by atoms with E-state index in [0.717, 1.165) is 121 Å². The average Bonchev–Trinajstić information content (AvgIpc) is 1.94. The molecule has 0 aliphatic carbocycles. The highest BCUT2D eigenvalue weighted by Crippen LogP contribution is 2.45. The Labute approximate surface area is 580 Å². The van der Waals surface area contributed by atoms with E-state index in [2.05, 4.69) is 58.9 Å². The molecule has 0 aromatic heterocycles. The van der Waals surface area contributed by atoms with Gasteiger partial charge in [0.1, 0.15) is 19.3 Å². The fraction of sp³-hybridized carbons (Fsp3) is 0.895. The molecule has 0 spiro atoms. The largest absolute Gasteiger partial charge is 0.472 e. The van der Waals surface area contributed by atoms with Gasteiger partial charge in [0.15, 0.2) is 12.2 Å². The molecule has 5 atom stereocenters. The van der Waals surface area contributed by atoms with Crippen LogP contribution in [0.3, 0.4) is 0 Å². The lowest BCUT2D eigenvalue weighted by atomic mass is 10.0. The third kappa shape index (κ3) is 69.8. The fourth-order valence-corrected chi connectivity index (χ4v) is 12.7. The second kappa shape index (κ2) is 68.7. The van der Waals surface area contributed by atoms with Crippen LogP contribution in [0.4, 0.5) is 0 Å². The lowest BCUT2D eigenvalue weighted by Crippen LogP contribution is -2.30. The van der Waals surface area contributed by atoms with Crippen molar-refractivity contribution in [2.45, 2.75) is 393 Å². The number of carbonyl (C=O) groups excluding carboxylic acids is 4. The van der Waals surface area contributed by atoms with E-state index in [4.69, 9.17) is 37.0 Å². The van der Waals surface area contributed by atoms with Crippen molar-refractivity contribution in [2.24, 2.45) is 5.92 Å². The van der Waals surface area contributed by atoms with Gasteiger partial charge < -0.3 is 33.8 Å². The molecule has 0 radical (unpaired) electrons. The van der Waals surface area contributed by atoms with Crippen molar-refractivity contribution in [3.8, 4) is 0 Å². The number of rotatable bonds is 74. The number of unbranched alkanes of at least 4 members (excludes halogenated alkanes) is 43. The molecule has 0 aliphatic heterocycles. The first kappa shape index (κ1) is 92.5. The number of hydrogen-bond donors (Lipinski definition) is 3. The summed E-state index contributed by atoms with van der Waals surface area (Å²) in [6, 6.07) is 0. The van der Waals surface area contributed by atoms with E-state index in [-0.39, 0.29) is 25.7 Å². The smallest absolute Gasteiger partial charge is 0.462 e. The van der Waals surface area contributed by atoms with E-state index in [1.54, 1.807) is 0 Å². The Morgan fingerprint density at radius 2 is 0.568 bits per heavy atom. The molecule has 0 amide bonds. The van der Waals surface area contributed by atoms with Gasteiger partial charge in [0, 0.05) is 25.7 Å². The third-order valence-corrected chi connectivity index (χ3v) is 19.1. The standard InChI is InChI=1S/C76H144O17P2/c1-6-9-12-15-18-21-23-25-27-28-29-30-31-32-34-36-38-40-46-51-56-61-75(80)92-72(66-87-74(79)60-55-50-45-39-37-35-33-26-24-22-19-16-13-10-7-2)68-91-95(84,85)89-64-70(77)63-88-94(82,83)90-67-71(65-86-73(78)59-54-49-44-20-17-14-11-8-3)93-76(81)62-57-52-47-42-41-43-48-53-58-69(4)5/h22,24,26,33,69-72,77H,6-21,23,25,27-32,34-68H2,1-5H3,(H,82,83)(H,84,85)/b24-22-,33-26-/t70-,71+,72+/m0/s1. The maximum atomic E-state index is 13.1. The maximum Gasteiger partial charge on any atom is 0.472 e. The Balaban J connectivity index is 5.21. The molecule has 0 heterocycles. The van der Waals surface area contributed by atoms with E-state index < -0.39 is 97.5 Å². The summed E-state index contributed by atoms with van der Waals surface area (Å²) in [6.45, 7) is 7.15. The lowest BCUT2D eigenvalue weighted by molar-refractivity contribution is -0.161. The van der Waals surface area contributed by atoms with Crippen molar-refractivity contribution in [1.82, 2.24) is 0 Å². The molecule has 0 aromatic rings. The number of allylic oxidation sites excluding steroid dienone is 4. The van der Waals surface area contributed by atoms with Gasteiger partial charge in [0.25, 0.3) is 0 Å². The van der Waals surface area contributed by atoms with Crippen LogP contribution in [0, 0.1) is 5.92 Å². The van der Waals surface area contributed by atoms with Crippen LogP contribution in [0.5, 0.6) is 0 Å². The summed E-state index contributed by atoms with van der Waals surface area (Å²) < 4.78 is 68.4. The normalized spacial score (nSPS) is 14.1. The van der Waals surface area contributed by atoms with Crippen molar-refractivity contribution in [1.29, 1.82) is 0 Å². The van der Waals surface area contributed by atoms with Gasteiger partial charge in [-0.05, 0) is 57.3 Å². The predicted molar refractivity (Wildman–Crippen MR) is 386 cm³/mol. The summed E-state index contributed by atoms with van der Waals surface area (Å²) in [6.07, 6.45) is 60.7. The minimum atomic E-state index is -4.96. The molecule has 560 valence electrons. The van der Waals surface area contributed by atoms with Crippen molar-refractivity contribution in [3.63, 3.8) is 0 Å². The molecule has 0 aliphatic rings. The molecule has 0 saturated carbocycles. The molecular formula is C76H144O17P2. The van der Waals surface area contributed by atoms with E-state index in [1.807, 2.05) is 0 Å². The average molecular weight is 1390 g/mol. The van der Waals surface area contributed by atoms with Crippen LogP contribution < -0.4 is 0 Å². The van der Waals surface area contributed by atoms with Crippen LogP contribution in [0.2, 0.25) is 0 Å². The minimum Gasteiger partial charge on any atom is -0.462 e. The molecule has 0 aromatic carbocycles. The summed E-state index contributed by atoms with van der Waals surface area (Å²) in [7, 11) is -9.92. The number of hydrogen-bond acceptors (Lipinski definition) is 15. The van der Waals surface area contributed by atoms with E-state index in [0.29, 0.717) is 25.7 Å². The summed E-state index contributed by atoms with van der Waals surface area (Å²) in [5.74, 6) is -1.43. The van der Waals surface area contributed by atoms with E-state index >= 15 is 0 Å². The predicted octanol–water partition coefficient (Wildman–Crippen LogP) is 22.0. The summed E-state index contributed by atoms with van der Waals surface area (Å²) in [5, 5.41) is 10.6. The molecule has 0 bridgehead atoms. The number of ether oxygens (including phenoxy) is 4. The van der Waals surface area contributed by atoms with Gasteiger partial charge in [-0.3, -0.25) is 37.3 Å². The molecule has 0 saturated heterocycles. The number of carbonyl (C=O) groups is 4. The number of esters is 4. The number of aliphatic hydroxyl groups is 1. The first-order valence-corrected chi connectivity index (χ1v) is 41.9. The Hall–Kier alpha value is -2.46. The molecule has 19 heteroatoms. The number of phosphoric acid groups is 2. The summed E-state index contributed by atoms with van der Waals surface area (Å²) in [5.41, 5.74) is 0. The van der Waals surface area contributed by atoms with Gasteiger partial charge in [-0.1, -0.05) is 322 Å². The molecule has 17 nitrogen and oxygen atoms in total. The number of aliphatic hydroxyl groups excluding tert-OH is 1. The Morgan fingerprint density at radius 3 is 0.863 bits per heavy atom. The van der Waals surface area contributed by atoms with Crippen molar-refractivity contribution < 1.29 is 80.2 Å². The summed E-state index contributed by atoms with van der Waals surface area (Å²) in [4.78, 5) is 72.6.